The van der Waals surface area contributed by atoms with Crippen LogP contribution in [0.15, 0.2) is 48.5 Å². The Morgan fingerprint density at radius 1 is 0.826 bits per heavy atom. The Morgan fingerprint density at radius 3 is 1.96 bits per heavy atom. The average molecular weight is 314 g/mol. The molecule has 0 bridgehead atoms. The fraction of sp³-hybridized carbons (Fsp3) is 0.368. The maximum absolute atomic E-state index is 13.7. The van der Waals surface area contributed by atoms with Gasteiger partial charge in [-0.15, -0.1) is 0 Å². The molecule has 2 aromatic rings. The summed E-state index contributed by atoms with van der Waals surface area (Å²) in [5, 5.41) is 0. The van der Waals surface area contributed by atoms with E-state index < -0.39 is 0 Å². The van der Waals surface area contributed by atoms with Crippen molar-refractivity contribution in [2.45, 2.75) is 13.1 Å². The lowest BCUT2D eigenvalue weighted by molar-refractivity contribution is 0.120. The van der Waals surface area contributed by atoms with Gasteiger partial charge in [-0.25, -0.2) is 4.39 Å². The van der Waals surface area contributed by atoms with Crippen LogP contribution in [0.1, 0.15) is 11.1 Å². The molecule has 0 amide bonds. The quantitative estimate of drug-likeness (QED) is 0.843. The standard InChI is InChI=1S/C19H23FN2O/c1-23-19-9-5-3-7-17(19)15-22-12-10-21(11-13-22)14-16-6-2-4-8-18(16)20/h2-9H,10-15H2,1H3. The largest absolute Gasteiger partial charge is 0.496 e. The van der Waals surface area contributed by atoms with Crippen LogP contribution >= 0.6 is 0 Å². The molecule has 0 aliphatic carbocycles. The molecule has 1 aliphatic rings. The van der Waals surface area contributed by atoms with E-state index in [2.05, 4.69) is 15.9 Å². The van der Waals surface area contributed by atoms with Gasteiger partial charge in [0.1, 0.15) is 11.6 Å². The fourth-order valence-corrected chi connectivity index (χ4v) is 3.05. The third-order valence-electron chi connectivity index (χ3n) is 4.40. The lowest BCUT2D eigenvalue weighted by Gasteiger charge is -2.35. The number of nitrogens with zero attached hydrogens (tertiary/aromatic N) is 2. The van der Waals surface area contributed by atoms with E-state index in [0.29, 0.717) is 6.54 Å². The lowest BCUT2D eigenvalue weighted by Crippen LogP contribution is -2.45. The smallest absolute Gasteiger partial charge is 0.127 e. The minimum absolute atomic E-state index is 0.107. The van der Waals surface area contributed by atoms with E-state index in [1.807, 2.05) is 30.3 Å². The second-order valence-electron chi connectivity index (χ2n) is 5.96. The van der Waals surface area contributed by atoms with E-state index in [9.17, 15) is 4.39 Å². The van der Waals surface area contributed by atoms with Gasteiger partial charge in [0.05, 0.1) is 7.11 Å². The van der Waals surface area contributed by atoms with E-state index in [-0.39, 0.29) is 5.82 Å². The predicted octanol–water partition coefficient (Wildman–Crippen LogP) is 3.15. The second-order valence-corrected chi connectivity index (χ2v) is 5.96. The Kier molecular flexibility index (Phi) is 5.26. The summed E-state index contributed by atoms with van der Waals surface area (Å²) in [5.41, 5.74) is 2.00. The number of hydrogen-bond acceptors (Lipinski definition) is 3. The number of methoxy groups -OCH3 is 1. The van der Waals surface area contributed by atoms with Crippen LogP contribution < -0.4 is 4.74 Å². The maximum Gasteiger partial charge on any atom is 0.127 e. The first-order valence-corrected chi connectivity index (χ1v) is 8.06. The normalized spacial score (nSPS) is 16.4. The first-order chi connectivity index (χ1) is 11.3. The topological polar surface area (TPSA) is 15.7 Å². The summed E-state index contributed by atoms with van der Waals surface area (Å²) >= 11 is 0. The molecule has 1 aliphatic heterocycles. The highest BCUT2D eigenvalue weighted by Gasteiger charge is 2.18. The van der Waals surface area contributed by atoms with Crippen LogP contribution in [0.4, 0.5) is 4.39 Å². The number of halogens is 1. The molecule has 0 aromatic heterocycles. The Labute approximate surface area is 137 Å². The molecule has 1 fully saturated rings. The third-order valence-corrected chi connectivity index (χ3v) is 4.40. The van der Waals surface area contributed by atoms with Crippen molar-refractivity contribution >= 4 is 0 Å². The van der Waals surface area contributed by atoms with Crippen molar-refractivity contribution in [3.8, 4) is 5.75 Å². The molecule has 0 atom stereocenters. The van der Waals surface area contributed by atoms with Crippen LogP contribution in [0.25, 0.3) is 0 Å². The molecule has 4 heteroatoms. The maximum atomic E-state index is 13.7. The molecular formula is C19H23FN2O. The third kappa shape index (κ3) is 4.09. The van der Waals surface area contributed by atoms with Gasteiger partial charge in [0.25, 0.3) is 0 Å². The molecular weight excluding hydrogens is 291 g/mol. The summed E-state index contributed by atoms with van der Waals surface area (Å²) in [4.78, 5) is 4.74. The van der Waals surface area contributed by atoms with Gasteiger partial charge in [-0.3, -0.25) is 9.80 Å². The van der Waals surface area contributed by atoms with Gasteiger partial charge in [-0.2, -0.15) is 0 Å². The monoisotopic (exact) mass is 314 g/mol. The fourth-order valence-electron chi connectivity index (χ4n) is 3.05. The zero-order valence-electron chi connectivity index (χ0n) is 13.5. The van der Waals surface area contributed by atoms with E-state index >= 15 is 0 Å². The van der Waals surface area contributed by atoms with Crippen molar-refractivity contribution < 1.29 is 9.13 Å². The summed E-state index contributed by atoms with van der Waals surface area (Å²) in [6, 6.07) is 15.2. The molecule has 0 radical (unpaired) electrons. The highest BCUT2D eigenvalue weighted by molar-refractivity contribution is 5.33. The number of piperazine rings is 1. The number of ether oxygens (including phenoxy) is 1. The minimum atomic E-state index is -0.107. The molecule has 1 saturated heterocycles. The van der Waals surface area contributed by atoms with Gasteiger partial charge in [-0.1, -0.05) is 36.4 Å². The van der Waals surface area contributed by atoms with Gasteiger partial charge >= 0.3 is 0 Å². The first kappa shape index (κ1) is 16.0. The Hall–Kier alpha value is -1.91. The number of benzene rings is 2. The summed E-state index contributed by atoms with van der Waals surface area (Å²) in [6.07, 6.45) is 0. The number of para-hydroxylation sites is 1. The Morgan fingerprint density at radius 2 is 1.35 bits per heavy atom. The Balaban J connectivity index is 1.53. The SMILES string of the molecule is COc1ccccc1CN1CCN(Cc2ccccc2F)CC1. The first-order valence-electron chi connectivity index (χ1n) is 8.06. The van der Waals surface area contributed by atoms with Crippen molar-refractivity contribution in [3.05, 3.63) is 65.5 Å². The molecule has 1 heterocycles. The molecule has 122 valence electrons. The van der Waals surface area contributed by atoms with Crippen molar-refractivity contribution in [2.75, 3.05) is 33.3 Å². The molecule has 0 unspecified atom stereocenters. The number of rotatable bonds is 5. The molecule has 3 nitrogen and oxygen atoms in total. The Bertz CT molecular complexity index is 639. The molecule has 0 saturated carbocycles. The molecule has 3 rings (SSSR count). The molecule has 0 N–H and O–H groups in total. The summed E-state index contributed by atoms with van der Waals surface area (Å²) in [5.74, 6) is 0.838. The van der Waals surface area contributed by atoms with E-state index in [1.165, 1.54) is 11.6 Å². The summed E-state index contributed by atoms with van der Waals surface area (Å²) in [7, 11) is 1.71. The van der Waals surface area contributed by atoms with Crippen molar-refractivity contribution in [2.24, 2.45) is 0 Å². The highest BCUT2D eigenvalue weighted by Crippen LogP contribution is 2.20. The zero-order chi connectivity index (χ0) is 16.1. The van der Waals surface area contributed by atoms with Crippen molar-refractivity contribution in [1.29, 1.82) is 0 Å². The van der Waals surface area contributed by atoms with Gasteiger partial charge in [0.2, 0.25) is 0 Å². The lowest BCUT2D eigenvalue weighted by atomic mass is 10.1. The van der Waals surface area contributed by atoms with Crippen LogP contribution in [0, 0.1) is 5.82 Å². The van der Waals surface area contributed by atoms with Crippen molar-refractivity contribution in [1.82, 2.24) is 9.80 Å². The number of hydrogen-bond donors (Lipinski definition) is 0. The van der Waals surface area contributed by atoms with Crippen LogP contribution in [0.5, 0.6) is 5.75 Å². The van der Waals surface area contributed by atoms with E-state index in [0.717, 1.165) is 44.0 Å². The van der Waals surface area contributed by atoms with E-state index in [1.54, 1.807) is 13.2 Å². The zero-order valence-corrected chi connectivity index (χ0v) is 13.5. The summed E-state index contributed by atoms with van der Waals surface area (Å²) in [6.45, 7) is 5.50. The average Bonchev–Trinajstić information content (AvgIpc) is 2.59. The highest BCUT2D eigenvalue weighted by atomic mass is 19.1. The van der Waals surface area contributed by atoms with Gasteiger partial charge in [0.15, 0.2) is 0 Å². The van der Waals surface area contributed by atoms with Gasteiger partial charge < -0.3 is 4.74 Å². The summed E-state index contributed by atoms with van der Waals surface area (Å²) < 4.78 is 19.2. The van der Waals surface area contributed by atoms with Crippen molar-refractivity contribution in [3.63, 3.8) is 0 Å². The van der Waals surface area contributed by atoms with E-state index in [4.69, 9.17) is 4.74 Å². The predicted molar refractivity (Wildman–Crippen MR) is 89.9 cm³/mol. The molecule has 2 aromatic carbocycles. The minimum Gasteiger partial charge on any atom is -0.496 e. The van der Waals surface area contributed by atoms with Crippen LogP contribution in [-0.4, -0.2) is 43.1 Å². The van der Waals surface area contributed by atoms with Crippen LogP contribution in [0.2, 0.25) is 0 Å². The molecule has 0 spiro atoms. The van der Waals surface area contributed by atoms with Gasteiger partial charge in [0, 0.05) is 50.4 Å². The molecule has 23 heavy (non-hydrogen) atoms. The van der Waals surface area contributed by atoms with Crippen LogP contribution in [-0.2, 0) is 13.1 Å². The van der Waals surface area contributed by atoms with Crippen LogP contribution in [0.3, 0.4) is 0 Å². The van der Waals surface area contributed by atoms with Gasteiger partial charge in [-0.05, 0) is 12.1 Å². The second kappa shape index (κ2) is 7.57.